The van der Waals surface area contributed by atoms with Crippen LogP contribution in [0.4, 0.5) is 10.1 Å². The van der Waals surface area contributed by atoms with E-state index in [0.29, 0.717) is 31.7 Å². The molecular weight excluding hydrogens is 221 g/mol. The van der Waals surface area contributed by atoms with Crippen LogP contribution in [0.5, 0.6) is 0 Å². The average Bonchev–Trinajstić information content (AvgIpc) is 2.33. The normalized spacial score (nSPS) is 20.2. The monoisotopic (exact) mass is 237 g/mol. The van der Waals surface area contributed by atoms with Crippen molar-refractivity contribution in [2.45, 2.75) is 12.5 Å². The Morgan fingerprint density at radius 1 is 1.47 bits per heavy atom. The first kappa shape index (κ1) is 11.9. The Bertz CT molecular complexity index is 410. The number of nitrogens with one attached hydrogen (secondary N) is 1. The smallest absolute Gasteiger partial charge is 0.242 e. The number of carbonyl (C=O) groups excluding carboxylic acids is 1. The average molecular weight is 237 g/mol. The first-order valence-corrected chi connectivity index (χ1v) is 5.73. The van der Waals surface area contributed by atoms with Gasteiger partial charge in [0.25, 0.3) is 0 Å². The quantitative estimate of drug-likeness (QED) is 0.804. The maximum atomic E-state index is 13.7. The molecule has 1 amide bonds. The van der Waals surface area contributed by atoms with Crippen molar-refractivity contribution in [1.82, 2.24) is 5.32 Å². The van der Waals surface area contributed by atoms with Gasteiger partial charge in [-0.2, -0.15) is 0 Å². The molecule has 1 unspecified atom stereocenters. The van der Waals surface area contributed by atoms with Gasteiger partial charge in [-0.3, -0.25) is 4.79 Å². The summed E-state index contributed by atoms with van der Waals surface area (Å²) in [4.78, 5) is 13.5. The number of rotatable bonds is 3. The molecule has 1 aromatic carbocycles. The van der Waals surface area contributed by atoms with Gasteiger partial charge in [0.05, 0.1) is 5.69 Å². The maximum absolute atomic E-state index is 13.7. The number of benzene rings is 1. The van der Waals surface area contributed by atoms with Crippen molar-refractivity contribution in [3.05, 3.63) is 30.1 Å². The second-order valence-electron chi connectivity index (χ2n) is 4.03. The van der Waals surface area contributed by atoms with E-state index in [-0.39, 0.29) is 17.8 Å². The number of nitrogens with zero attached hydrogens (tertiary/aromatic N) is 1. The van der Waals surface area contributed by atoms with Gasteiger partial charge in [-0.1, -0.05) is 12.1 Å². The third-order valence-corrected chi connectivity index (χ3v) is 2.93. The molecule has 1 aliphatic heterocycles. The summed E-state index contributed by atoms with van der Waals surface area (Å²) in [7, 11) is 0. The van der Waals surface area contributed by atoms with Crippen LogP contribution in [-0.2, 0) is 4.79 Å². The lowest BCUT2D eigenvalue weighted by Gasteiger charge is -2.36. The molecule has 0 spiro atoms. The topological polar surface area (TPSA) is 58.4 Å². The van der Waals surface area contributed by atoms with E-state index in [0.717, 1.165) is 0 Å². The van der Waals surface area contributed by atoms with Gasteiger partial charge in [0.2, 0.25) is 5.91 Å². The van der Waals surface area contributed by atoms with Crippen molar-refractivity contribution in [3.8, 4) is 0 Å². The number of amides is 1. The summed E-state index contributed by atoms with van der Waals surface area (Å²) in [6.45, 7) is 1.55. The van der Waals surface area contributed by atoms with Crippen molar-refractivity contribution < 1.29 is 9.18 Å². The van der Waals surface area contributed by atoms with Crippen molar-refractivity contribution >= 4 is 11.6 Å². The molecular formula is C12H16FN3O. The Labute approximate surface area is 99.6 Å². The van der Waals surface area contributed by atoms with Crippen LogP contribution < -0.4 is 16.0 Å². The SMILES string of the molecule is NCCC1C(=O)NCCN1c1ccccc1F. The van der Waals surface area contributed by atoms with Crippen molar-refractivity contribution in [1.29, 1.82) is 0 Å². The lowest BCUT2D eigenvalue weighted by atomic mass is 10.1. The van der Waals surface area contributed by atoms with Crippen LogP contribution in [0.1, 0.15) is 6.42 Å². The Kier molecular flexibility index (Phi) is 3.58. The summed E-state index contributed by atoms with van der Waals surface area (Å²) in [5.74, 6) is -0.380. The lowest BCUT2D eigenvalue weighted by Crippen LogP contribution is -2.56. The van der Waals surface area contributed by atoms with Crippen molar-refractivity contribution in [3.63, 3.8) is 0 Å². The molecule has 0 bridgehead atoms. The van der Waals surface area contributed by atoms with Crippen molar-refractivity contribution in [2.24, 2.45) is 5.73 Å². The zero-order valence-corrected chi connectivity index (χ0v) is 9.53. The summed E-state index contributed by atoms with van der Waals surface area (Å²) in [6, 6.07) is 6.13. The minimum Gasteiger partial charge on any atom is -0.355 e. The predicted molar refractivity (Wildman–Crippen MR) is 64.2 cm³/mol. The van der Waals surface area contributed by atoms with Gasteiger partial charge in [0, 0.05) is 13.1 Å². The highest BCUT2D eigenvalue weighted by Crippen LogP contribution is 2.23. The van der Waals surface area contributed by atoms with Gasteiger partial charge in [-0.05, 0) is 25.1 Å². The fourth-order valence-corrected chi connectivity index (χ4v) is 2.13. The molecule has 4 nitrogen and oxygen atoms in total. The molecule has 17 heavy (non-hydrogen) atoms. The molecule has 1 atom stereocenters. The summed E-state index contributed by atoms with van der Waals surface area (Å²) in [6.07, 6.45) is 0.528. The number of anilines is 1. The molecule has 1 saturated heterocycles. The van der Waals surface area contributed by atoms with Crippen LogP contribution in [0.2, 0.25) is 0 Å². The molecule has 1 aromatic rings. The molecule has 0 aliphatic carbocycles. The highest BCUT2D eigenvalue weighted by atomic mass is 19.1. The first-order valence-electron chi connectivity index (χ1n) is 5.73. The largest absolute Gasteiger partial charge is 0.355 e. The number of carbonyl (C=O) groups is 1. The second kappa shape index (κ2) is 5.14. The minimum atomic E-state index is -0.370. The molecule has 2 rings (SSSR count). The van der Waals surface area contributed by atoms with E-state index in [1.54, 1.807) is 23.1 Å². The number of halogens is 1. The van der Waals surface area contributed by atoms with E-state index in [4.69, 9.17) is 5.73 Å². The van der Waals surface area contributed by atoms with E-state index >= 15 is 0 Å². The second-order valence-corrected chi connectivity index (χ2v) is 4.03. The van der Waals surface area contributed by atoms with Gasteiger partial charge in [-0.15, -0.1) is 0 Å². The van der Waals surface area contributed by atoms with Crippen LogP contribution in [0.15, 0.2) is 24.3 Å². The molecule has 1 fully saturated rings. The van der Waals surface area contributed by atoms with Crippen LogP contribution in [0.3, 0.4) is 0 Å². The number of hydrogen-bond acceptors (Lipinski definition) is 3. The van der Waals surface area contributed by atoms with Gasteiger partial charge in [-0.25, -0.2) is 4.39 Å². The summed E-state index contributed by atoms with van der Waals surface area (Å²) in [5, 5.41) is 2.78. The lowest BCUT2D eigenvalue weighted by molar-refractivity contribution is -0.123. The fraction of sp³-hybridized carbons (Fsp3) is 0.417. The van der Waals surface area contributed by atoms with Crippen LogP contribution in [0.25, 0.3) is 0 Å². The van der Waals surface area contributed by atoms with E-state index in [2.05, 4.69) is 5.32 Å². The predicted octanol–water partition coefficient (Wildman–Crippen LogP) is 0.479. The summed E-state index contributed by atoms with van der Waals surface area (Å²) >= 11 is 0. The molecule has 92 valence electrons. The standard InChI is InChI=1S/C12H16FN3O/c13-9-3-1-2-4-10(9)16-8-7-15-12(17)11(16)5-6-14/h1-4,11H,5-8,14H2,(H,15,17). The molecule has 0 saturated carbocycles. The highest BCUT2D eigenvalue weighted by Gasteiger charge is 2.30. The van der Waals surface area contributed by atoms with Crippen LogP contribution >= 0.6 is 0 Å². The van der Waals surface area contributed by atoms with Crippen LogP contribution in [-0.4, -0.2) is 31.6 Å². The van der Waals surface area contributed by atoms with E-state index in [1.165, 1.54) is 6.07 Å². The van der Waals surface area contributed by atoms with Gasteiger partial charge in [0.15, 0.2) is 0 Å². The minimum absolute atomic E-state index is 0.0787. The number of hydrogen-bond donors (Lipinski definition) is 2. The number of piperazine rings is 1. The zero-order valence-electron chi connectivity index (χ0n) is 9.53. The Balaban J connectivity index is 2.28. The fourth-order valence-electron chi connectivity index (χ4n) is 2.13. The molecule has 3 N–H and O–H groups in total. The van der Waals surface area contributed by atoms with Gasteiger partial charge < -0.3 is 16.0 Å². The molecule has 0 radical (unpaired) electrons. The Morgan fingerprint density at radius 3 is 2.94 bits per heavy atom. The Hall–Kier alpha value is -1.62. The molecule has 5 heteroatoms. The van der Waals surface area contributed by atoms with E-state index in [9.17, 15) is 9.18 Å². The maximum Gasteiger partial charge on any atom is 0.242 e. The highest BCUT2D eigenvalue weighted by molar-refractivity contribution is 5.86. The third kappa shape index (κ3) is 2.39. The van der Waals surface area contributed by atoms with Crippen molar-refractivity contribution in [2.75, 3.05) is 24.5 Å². The number of para-hydroxylation sites is 1. The summed E-state index contributed by atoms with van der Waals surface area (Å²) in [5.41, 5.74) is 5.97. The third-order valence-electron chi connectivity index (χ3n) is 2.93. The Morgan fingerprint density at radius 2 is 2.24 bits per heavy atom. The summed E-state index contributed by atoms with van der Waals surface area (Å²) < 4.78 is 13.7. The van der Waals surface area contributed by atoms with E-state index in [1.807, 2.05) is 0 Å². The van der Waals surface area contributed by atoms with Crippen LogP contribution in [0, 0.1) is 5.82 Å². The molecule has 1 aliphatic rings. The number of nitrogens with two attached hydrogens (primary N) is 1. The van der Waals surface area contributed by atoms with Gasteiger partial charge in [0.1, 0.15) is 11.9 Å². The van der Waals surface area contributed by atoms with Gasteiger partial charge >= 0.3 is 0 Å². The molecule has 0 aromatic heterocycles. The molecule has 1 heterocycles. The first-order chi connectivity index (χ1) is 8.24. The zero-order chi connectivity index (χ0) is 12.3. The van der Waals surface area contributed by atoms with E-state index < -0.39 is 0 Å².